The van der Waals surface area contributed by atoms with Gasteiger partial charge in [0, 0.05) is 36.4 Å². The van der Waals surface area contributed by atoms with Gasteiger partial charge >= 0.3 is 16.3 Å². The molecule has 0 bridgehead atoms. The van der Waals surface area contributed by atoms with Crippen LogP contribution in [0, 0.1) is 6.92 Å². The first-order valence-corrected chi connectivity index (χ1v) is 16.1. The second kappa shape index (κ2) is 13.1. The molecule has 1 aliphatic carbocycles. The lowest BCUT2D eigenvalue weighted by Crippen LogP contribution is -2.49. The maximum Gasteiger partial charge on any atom is 0.390 e. The van der Waals surface area contributed by atoms with Crippen molar-refractivity contribution in [2.75, 3.05) is 19.8 Å². The smallest absolute Gasteiger partial charge is 0.382 e. The standard InChI is InChI=1S/C28H31Cl2F3N4O3S2/c1-18-25(27(41)37(35(2)3)21-7-5-4-6-8-21)34-26(23-14-9-19(29)17-24(23)30)36(18)20-10-12-22(13-11-20)40-42(38,39)16-15-28(31,32)33/h9-14,17,21H,4-8,15-16H2,1-3H3. The van der Waals surface area contributed by atoms with Crippen LogP contribution in [0.25, 0.3) is 17.1 Å². The van der Waals surface area contributed by atoms with Crippen molar-refractivity contribution in [3.05, 3.63) is 63.9 Å². The minimum Gasteiger partial charge on any atom is -0.382 e. The molecule has 1 aromatic heterocycles. The van der Waals surface area contributed by atoms with Gasteiger partial charge in [0.25, 0.3) is 0 Å². The van der Waals surface area contributed by atoms with Gasteiger partial charge in [0.1, 0.15) is 22.3 Å². The Labute approximate surface area is 259 Å². The highest BCUT2D eigenvalue weighted by Crippen LogP contribution is 2.35. The van der Waals surface area contributed by atoms with E-state index in [1.807, 2.05) is 30.6 Å². The fraction of sp³-hybridized carbons (Fsp3) is 0.429. The number of thiocarbonyl (C=S) groups is 1. The van der Waals surface area contributed by atoms with Crippen LogP contribution in [0.4, 0.5) is 13.2 Å². The van der Waals surface area contributed by atoms with Crippen molar-refractivity contribution < 1.29 is 25.8 Å². The molecule has 0 N–H and O–H groups in total. The van der Waals surface area contributed by atoms with E-state index in [1.54, 1.807) is 30.3 Å². The Morgan fingerprint density at radius 3 is 2.31 bits per heavy atom. The molecule has 3 aromatic rings. The van der Waals surface area contributed by atoms with Crippen molar-refractivity contribution in [1.29, 1.82) is 0 Å². The van der Waals surface area contributed by atoms with Crippen molar-refractivity contribution in [3.63, 3.8) is 0 Å². The average Bonchev–Trinajstić information content (AvgIpc) is 3.24. The fourth-order valence-corrected chi connectivity index (χ4v) is 7.03. The number of alkyl halides is 3. The largest absolute Gasteiger partial charge is 0.390 e. The third-order valence-electron chi connectivity index (χ3n) is 7.00. The van der Waals surface area contributed by atoms with Gasteiger partial charge in [-0.2, -0.15) is 21.6 Å². The molecule has 7 nitrogen and oxygen atoms in total. The number of hydrazine groups is 1. The Morgan fingerprint density at radius 2 is 1.74 bits per heavy atom. The third-order valence-corrected chi connectivity index (χ3v) is 9.07. The molecule has 1 aliphatic rings. The first kappa shape index (κ1) is 32.5. The number of hydrogen-bond donors (Lipinski definition) is 0. The number of aromatic nitrogens is 2. The summed E-state index contributed by atoms with van der Waals surface area (Å²) in [5.74, 6) is -0.806. The highest BCUT2D eigenvalue weighted by molar-refractivity contribution is 7.87. The van der Waals surface area contributed by atoms with Crippen molar-refractivity contribution in [1.82, 2.24) is 19.6 Å². The van der Waals surface area contributed by atoms with Crippen LogP contribution in [0.5, 0.6) is 5.75 Å². The monoisotopic (exact) mass is 662 g/mol. The van der Waals surface area contributed by atoms with Gasteiger partial charge in [-0.3, -0.25) is 9.58 Å². The van der Waals surface area contributed by atoms with Crippen LogP contribution in [0.2, 0.25) is 10.0 Å². The topological polar surface area (TPSA) is 67.7 Å². The summed E-state index contributed by atoms with van der Waals surface area (Å²) in [5, 5.41) is 4.92. The molecule has 1 heterocycles. The highest BCUT2D eigenvalue weighted by atomic mass is 35.5. The maximum absolute atomic E-state index is 12.5. The van der Waals surface area contributed by atoms with E-state index < -0.39 is 28.5 Å². The van der Waals surface area contributed by atoms with Gasteiger partial charge in [-0.1, -0.05) is 54.7 Å². The summed E-state index contributed by atoms with van der Waals surface area (Å²) < 4.78 is 68.5. The fourth-order valence-electron chi connectivity index (χ4n) is 5.06. The van der Waals surface area contributed by atoms with Gasteiger partial charge in [-0.05, 0) is 62.2 Å². The van der Waals surface area contributed by atoms with Crippen molar-refractivity contribution in [2.24, 2.45) is 0 Å². The number of benzene rings is 2. The minimum absolute atomic E-state index is 0.114. The highest BCUT2D eigenvalue weighted by Gasteiger charge is 2.32. The van der Waals surface area contributed by atoms with Crippen LogP contribution in [0.1, 0.15) is 49.9 Å². The van der Waals surface area contributed by atoms with E-state index in [0.717, 1.165) is 31.4 Å². The molecule has 0 aliphatic heterocycles. The van der Waals surface area contributed by atoms with Gasteiger partial charge in [0.05, 0.1) is 22.9 Å². The normalized spacial score (nSPS) is 14.8. The van der Waals surface area contributed by atoms with Crippen LogP contribution in [-0.4, -0.2) is 65.0 Å². The van der Waals surface area contributed by atoms with E-state index in [4.69, 9.17) is 44.6 Å². The van der Waals surface area contributed by atoms with E-state index in [1.165, 1.54) is 18.6 Å². The molecule has 0 unspecified atom stereocenters. The summed E-state index contributed by atoms with van der Waals surface area (Å²) in [7, 11) is -0.546. The van der Waals surface area contributed by atoms with Crippen molar-refractivity contribution in [3.8, 4) is 22.8 Å². The first-order valence-electron chi connectivity index (χ1n) is 13.3. The molecule has 1 saturated carbocycles. The zero-order valence-corrected chi connectivity index (χ0v) is 26.4. The molecule has 228 valence electrons. The number of rotatable bonds is 9. The van der Waals surface area contributed by atoms with Gasteiger partial charge in [-0.25, -0.2) is 9.99 Å². The van der Waals surface area contributed by atoms with E-state index in [9.17, 15) is 21.6 Å². The number of hydrogen-bond acceptors (Lipinski definition) is 6. The van der Waals surface area contributed by atoms with E-state index in [0.29, 0.717) is 37.8 Å². The maximum atomic E-state index is 12.5. The molecule has 0 saturated heterocycles. The van der Waals surface area contributed by atoms with Gasteiger partial charge in [-0.15, -0.1) is 0 Å². The summed E-state index contributed by atoms with van der Waals surface area (Å²) in [6, 6.07) is 11.2. The second-order valence-electron chi connectivity index (χ2n) is 10.3. The Balaban J connectivity index is 1.75. The Bertz CT molecular complexity index is 1540. The quantitative estimate of drug-likeness (QED) is 0.133. The van der Waals surface area contributed by atoms with Gasteiger partial charge in [0.15, 0.2) is 0 Å². The SMILES string of the molecule is Cc1c(C(=S)N(C2CCCCC2)N(C)C)nc(-c2ccc(Cl)cc2Cl)n1-c1ccc(OS(=O)(=O)CCC(F)(F)F)cc1. The number of nitrogens with zero attached hydrogens (tertiary/aromatic N) is 4. The van der Waals surface area contributed by atoms with Crippen LogP contribution in [-0.2, 0) is 10.1 Å². The molecule has 4 rings (SSSR count). The van der Waals surface area contributed by atoms with Crippen molar-refractivity contribution in [2.45, 2.75) is 57.7 Å². The molecule has 14 heteroatoms. The van der Waals surface area contributed by atoms with Crippen LogP contribution in [0.15, 0.2) is 42.5 Å². The number of halogens is 5. The summed E-state index contributed by atoms with van der Waals surface area (Å²) in [6.45, 7) is 1.88. The van der Waals surface area contributed by atoms with Gasteiger partial charge < -0.3 is 4.18 Å². The van der Waals surface area contributed by atoms with E-state index >= 15 is 0 Å². The molecule has 1 fully saturated rings. The van der Waals surface area contributed by atoms with Gasteiger partial charge in [0.2, 0.25) is 0 Å². The Morgan fingerprint density at radius 1 is 1.10 bits per heavy atom. The molecule has 0 spiro atoms. The molecule has 42 heavy (non-hydrogen) atoms. The summed E-state index contributed by atoms with van der Waals surface area (Å²) in [4.78, 5) is 5.53. The van der Waals surface area contributed by atoms with Crippen LogP contribution in [0.3, 0.4) is 0 Å². The molecule has 0 radical (unpaired) electrons. The van der Waals surface area contributed by atoms with E-state index in [2.05, 4.69) is 5.01 Å². The van der Waals surface area contributed by atoms with E-state index in [-0.39, 0.29) is 11.8 Å². The molecule has 0 atom stereocenters. The molecule has 0 amide bonds. The minimum atomic E-state index is -4.62. The zero-order chi connectivity index (χ0) is 30.8. The molecular formula is C28H31Cl2F3N4O3S2. The zero-order valence-electron chi connectivity index (χ0n) is 23.3. The number of imidazole rings is 1. The summed E-state index contributed by atoms with van der Waals surface area (Å²) in [5.41, 5.74) is 2.49. The lowest BCUT2D eigenvalue weighted by molar-refractivity contribution is -0.130. The van der Waals surface area contributed by atoms with Crippen LogP contribution >= 0.6 is 35.4 Å². The first-order chi connectivity index (χ1) is 19.7. The summed E-state index contributed by atoms with van der Waals surface area (Å²) >= 11 is 18.8. The predicted molar refractivity (Wildman–Crippen MR) is 163 cm³/mol. The lowest BCUT2D eigenvalue weighted by Gasteiger charge is -2.40. The lowest BCUT2D eigenvalue weighted by atomic mass is 9.95. The summed E-state index contributed by atoms with van der Waals surface area (Å²) in [6.07, 6.45) is -0.645. The Kier molecular flexibility index (Phi) is 10.1. The average molecular weight is 664 g/mol. The van der Waals surface area contributed by atoms with Crippen molar-refractivity contribution >= 4 is 50.5 Å². The molecular weight excluding hydrogens is 632 g/mol. The predicted octanol–water partition coefficient (Wildman–Crippen LogP) is 7.60. The second-order valence-corrected chi connectivity index (χ2v) is 13.2. The Hall–Kier alpha value is -2.38. The van der Waals surface area contributed by atoms with Crippen LogP contribution < -0.4 is 4.18 Å². The molecule has 2 aromatic carbocycles. The third kappa shape index (κ3) is 7.76.